The molecule has 2 atom stereocenters. The summed E-state index contributed by atoms with van der Waals surface area (Å²) in [5.74, 6) is 0.0822. The van der Waals surface area contributed by atoms with Gasteiger partial charge in [-0.1, -0.05) is 12.1 Å². The van der Waals surface area contributed by atoms with E-state index in [-0.39, 0.29) is 23.8 Å². The molecule has 2 rings (SSSR count). The Kier molecular flexibility index (Phi) is 3.74. The van der Waals surface area contributed by atoms with Gasteiger partial charge in [0, 0.05) is 13.5 Å². The van der Waals surface area contributed by atoms with Crippen molar-refractivity contribution in [2.75, 3.05) is 14.2 Å². The highest BCUT2D eigenvalue weighted by Crippen LogP contribution is 2.35. The third-order valence-corrected chi connectivity index (χ3v) is 3.68. The van der Waals surface area contributed by atoms with Crippen molar-refractivity contribution < 1.29 is 14.3 Å². The van der Waals surface area contributed by atoms with Crippen LogP contribution in [-0.4, -0.2) is 30.9 Å². The van der Waals surface area contributed by atoms with Crippen LogP contribution in [0.15, 0.2) is 24.3 Å². The average Bonchev–Trinajstić information content (AvgIpc) is 2.41. The lowest BCUT2D eigenvalue weighted by molar-refractivity contribution is -0.140. The van der Waals surface area contributed by atoms with Gasteiger partial charge in [0.2, 0.25) is 11.8 Å². The second-order valence-electron chi connectivity index (χ2n) is 4.77. The quantitative estimate of drug-likeness (QED) is 0.886. The number of carbonyl (C=O) groups excluding carboxylic acids is 2. The summed E-state index contributed by atoms with van der Waals surface area (Å²) in [4.78, 5) is 25.0. The minimum Gasteiger partial charge on any atom is -0.497 e. The number of rotatable bonds is 3. The van der Waals surface area contributed by atoms with Crippen LogP contribution in [0.4, 0.5) is 0 Å². The maximum atomic E-state index is 11.8. The average molecular weight is 262 g/mol. The molecule has 1 aromatic carbocycles. The molecule has 0 unspecified atom stereocenters. The van der Waals surface area contributed by atoms with Gasteiger partial charge in [-0.25, -0.2) is 0 Å². The topological polar surface area (TPSA) is 72.6 Å². The maximum absolute atomic E-state index is 11.8. The van der Waals surface area contributed by atoms with Crippen LogP contribution in [0, 0.1) is 5.92 Å². The molecule has 0 bridgehead atoms. The number of piperidine rings is 1. The van der Waals surface area contributed by atoms with Gasteiger partial charge >= 0.3 is 0 Å². The number of nitrogens with two attached hydrogens (primary N) is 1. The van der Waals surface area contributed by atoms with E-state index in [1.807, 2.05) is 24.3 Å². The molecule has 0 aromatic heterocycles. The highest BCUT2D eigenvalue weighted by molar-refractivity contribution is 5.83. The molecule has 1 fully saturated rings. The highest BCUT2D eigenvalue weighted by atomic mass is 16.5. The Morgan fingerprint density at radius 1 is 1.37 bits per heavy atom. The fraction of sp³-hybridized carbons (Fsp3) is 0.429. The van der Waals surface area contributed by atoms with Crippen LogP contribution < -0.4 is 10.5 Å². The zero-order valence-electron chi connectivity index (χ0n) is 11.1. The summed E-state index contributed by atoms with van der Waals surface area (Å²) >= 11 is 0. The Morgan fingerprint density at radius 2 is 2.00 bits per heavy atom. The second kappa shape index (κ2) is 5.30. The third-order valence-electron chi connectivity index (χ3n) is 3.68. The van der Waals surface area contributed by atoms with Crippen LogP contribution >= 0.6 is 0 Å². The smallest absolute Gasteiger partial charge is 0.222 e. The van der Waals surface area contributed by atoms with E-state index in [9.17, 15) is 9.59 Å². The van der Waals surface area contributed by atoms with Gasteiger partial charge in [-0.2, -0.15) is 0 Å². The molecule has 0 spiro atoms. The first-order valence-corrected chi connectivity index (χ1v) is 6.23. The summed E-state index contributed by atoms with van der Waals surface area (Å²) in [5.41, 5.74) is 6.36. The number of nitrogens with zero attached hydrogens (tertiary/aromatic N) is 1. The largest absolute Gasteiger partial charge is 0.497 e. The molecular formula is C14H18N2O3. The van der Waals surface area contributed by atoms with Crippen LogP contribution in [0.25, 0.3) is 0 Å². The standard InChI is InChI=1S/C14H18N2O3/c1-16-12(17)8-7-11(14(15)18)13(16)9-3-5-10(19-2)6-4-9/h3-6,11,13H,7-8H2,1-2H3,(H2,15,18)/t11-,13+/m0/s1. The first-order valence-electron chi connectivity index (χ1n) is 6.23. The van der Waals surface area contributed by atoms with E-state index >= 15 is 0 Å². The zero-order chi connectivity index (χ0) is 14.0. The van der Waals surface area contributed by atoms with Crippen LogP contribution in [0.5, 0.6) is 5.75 Å². The molecule has 5 heteroatoms. The fourth-order valence-electron chi connectivity index (χ4n) is 2.59. The monoisotopic (exact) mass is 262 g/mol. The number of hydrogen-bond acceptors (Lipinski definition) is 3. The second-order valence-corrected chi connectivity index (χ2v) is 4.77. The number of methoxy groups -OCH3 is 1. The Balaban J connectivity index is 2.34. The van der Waals surface area contributed by atoms with Crippen molar-refractivity contribution in [2.45, 2.75) is 18.9 Å². The van der Waals surface area contributed by atoms with Crippen LogP contribution in [0.3, 0.4) is 0 Å². The molecule has 5 nitrogen and oxygen atoms in total. The summed E-state index contributed by atoms with van der Waals surface area (Å²) in [6.45, 7) is 0. The Hall–Kier alpha value is -2.04. The molecule has 102 valence electrons. The van der Waals surface area contributed by atoms with Gasteiger partial charge in [-0.05, 0) is 24.1 Å². The molecule has 1 aliphatic rings. The lowest BCUT2D eigenvalue weighted by Crippen LogP contribution is -2.44. The van der Waals surface area contributed by atoms with E-state index < -0.39 is 0 Å². The van der Waals surface area contributed by atoms with Gasteiger partial charge < -0.3 is 15.4 Å². The van der Waals surface area contributed by atoms with Crippen molar-refractivity contribution in [3.8, 4) is 5.75 Å². The zero-order valence-corrected chi connectivity index (χ0v) is 11.1. The highest BCUT2D eigenvalue weighted by Gasteiger charge is 2.37. The fourth-order valence-corrected chi connectivity index (χ4v) is 2.59. The molecule has 1 aliphatic heterocycles. The van der Waals surface area contributed by atoms with Gasteiger partial charge in [0.05, 0.1) is 19.1 Å². The Morgan fingerprint density at radius 3 is 2.53 bits per heavy atom. The summed E-state index contributed by atoms with van der Waals surface area (Å²) < 4.78 is 5.11. The summed E-state index contributed by atoms with van der Waals surface area (Å²) in [7, 11) is 3.31. The Bertz CT molecular complexity index is 484. The third kappa shape index (κ3) is 2.54. The van der Waals surface area contributed by atoms with Gasteiger partial charge in [0.1, 0.15) is 5.75 Å². The SMILES string of the molecule is COc1ccc([C@@H]2[C@@H](C(N)=O)CCC(=O)N2C)cc1. The number of likely N-dealkylation sites (tertiary alicyclic amines) is 1. The normalized spacial score (nSPS) is 23.3. The molecule has 0 saturated carbocycles. The van der Waals surface area contributed by atoms with Gasteiger partial charge in [0.15, 0.2) is 0 Å². The molecule has 1 aromatic rings. The van der Waals surface area contributed by atoms with E-state index in [1.54, 1.807) is 19.1 Å². The van der Waals surface area contributed by atoms with Crippen molar-refractivity contribution in [2.24, 2.45) is 11.7 Å². The van der Waals surface area contributed by atoms with Crippen LogP contribution in [-0.2, 0) is 9.59 Å². The van der Waals surface area contributed by atoms with Crippen LogP contribution in [0.1, 0.15) is 24.4 Å². The number of carbonyl (C=O) groups is 2. The van der Waals surface area contributed by atoms with Crippen molar-refractivity contribution in [3.05, 3.63) is 29.8 Å². The van der Waals surface area contributed by atoms with Gasteiger partial charge in [-0.15, -0.1) is 0 Å². The minimum atomic E-state index is -0.361. The summed E-state index contributed by atoms with van der Waals surface area (Å²) in [6.07, 6.45) is 0.881. The first-order chi connectivity index (χ1) is 9.04. The van der Waals surface area contributed by atoms with Crippen molar-refractivity contribution >= 4 is 11.8 Å². The molecule has 0 radical (unpaired) electrons. The van der Waals surface area contributed by atoms with E-state index in [1.165, 1.54) is 0 Å². The predicted molar refractivity (Wildman–Crippen MR) is 70.4 cm³/mol. The molecule has 1 heterocycles. The van der Waals surface area contributed by atoms with Crippen LogP contribution in [0.2, 0.25) is 0 Å². The lowest BCUT2D eigenvalue weighted by Gasteiger charge is -2.37. The molecular weight excluding hydrogens is 244 g/mol. The summed E-state index contributed by atoms with van der Waals surface area (Å²) in [5, 5.41) is 0. The van der Waals surface area contributed by atoms with Gasteiger partial charge in [0.25, 0.3) is 0 Å². The maximum Gasteiger partial charge on any atom is 0.222 e. The number of amides is 2. The first kappa shape index (κ1) is 13.4. The number of hydrogen-bond donors (Lipinski definition) is 1. The molecule has 19 heavy (non-hydrogen) atoms. The molecule has 2 amide bonds. The van der Waals surface area contributed by atoms with E-state index in [0.717, 1.165) is 11.3 Å². The molecule has 1 saturated heterocycles. The van der Waals surface area contributed by atoms with Gasteiger partial charge in [-0.3, -0.25) is 9.59 Å². The van der Waals surface area contributed by atoms with Crippen molar-refractivity contribution in [1.82, 2.24) is 4.90 Å². The number of ether oxygens (including phenoxy) is 1. The van der Waals surface area contributed by atoms with Crippen molar-refractivity contribution in [3.63, 3.8) is 0 Å². The predicted octanol–water partition coefficient (Wildman–Crippen LogP) is 1.09. The van der Waals surface area contributed by atoms with E-state index in [0.29, 0.717) is 12.8 Å². The molecule has 2 N–H and O–H groups in total. The van der Waals surface area contributed by atoms with E-state index in [4.69, 9.17) is 10.5 Å². The number of benzene rings is 1. The molecule has 0 aliphatic carbocycles. The lowest BCUT2D eigenvalue weighted by atomic mass is 9.84. The minimum absolute atomic E-state index is 0.0401. The summed E-state index contributed by atoms with van der Waals surface area (Å²) in [6, 6.07) is 7.09. The van der Waals surface area contributed by atoms with E-state index in [2.05, 4.69) is 0 Å². The Labute approximate surface area is 112 Å². The number of primary amides is 1. The van der Waals surface area contributed by atoms with Crippen molar-refractivity contribution in [1.29, 1.82) is 0 Å².